The van der Waals surface area contributed by atoms with E-state index in [2.05, 4.69) is 52.2 Å². The van der Waals surface area contributed by atoms with Gasteiger partial charge in [0, 0.05) is 50.0 Å². The van der Waals surface area contributed by atoms with E-state index in [1.807, 2.05) is 58.0 Å². The highest BCUT2D eigenvalue weighted by atomic mass is 16.5. The van der Waals surface area contributed by atoms with Gasteiger partial charge in [0.25, 0.3) is 5.91 Å². The van der Waals surface area contributed by atoms with Crippen molar-refractivity contribution < 1.29 is 9.53 Å². The first-order valence-corrected chi connectivity index (χ1v) is 12.8. The molecule has 0 saturated carbocycles. The van der Waals surface area contributed by atoms with Crippen LogP contribution in [0, 0.1) is 6.92 Å². The number of amides is 1. The number of nitrogens with zero attached hydrogens (tertiary/aromatic N) is 1. The van der Waals surface area contributed by atoms with E-state index >= 15 is 0 Å². The van der Waals surface area contributed by atoms with Gasteiger partial charge in [0.1, 0.15) is 11.9 Å². The second kappa shape index (κ2) is 11.1. The molecule has 3 N–H and O–H groups in total. The number of nitrogens with one attached hydrogen (secondary N) is 3. The van der Waals surface area contributed by atoms with Crippen LogP contribution in [0.5, 0.6) is 5.75 Å². The van der Waals surface area contributed by atoms with Crippen LogP contribution in [-0.2, 0) is 0 Å². The van der Waals surface area contributed by atoms with Gasteiger partial charge in [-0.05, 0) is 48.4 Å². The number of hydrogen-bond acceptors (Lipinski definition) is 5. The fourth-order valence-electron chi connectivity index (χ4n) is 4.53. The molecule has 2 aliphatic heterocycles. The van der Waals surface area contributed by atoms with Gasteiger partial charge in [0.2, 0.25) is 0 Å². The van der Waals surface area contributed by atoms with E-state index in [1.54, 1.807) is 0 Å². The molecule has 0 bridgehead atoms. The Balaban J connectivity index is 0.00000141. The summed E-state index contributed by atoms with van der Waals surface area (Å²) < 4.78 is 6.29. The number of carbonyl (C=O) groups is 1. The van der Waals surface area contributed by atoms with E-state index in [1.165, 1.54) is 0 Å². The maximum Gasteiger partial charge on any atom is 0.252 e. The lowest BCUT2D eigenvalue weighted by Gasteiger charge is -2.37. The first-order chi connectivity index (χ1) is 17.0. The molecule has 0 aromatic heterocycles. The molecule has 6 nitrogen and oxygen atoms in total. The van der Waals surface area contributed by atoms with Crippen LogP contribution in [0.1, 0.15) is 48.3 Å². The van der Waals surface area contributed by atoms with Crippen molar-refractivity contribution in [3.63, 3.8) is 0 Å². The zero-order chi connectivity index (χ0) is 24.9. The van der Waals surface area contributed by atoms with Crippen LogP contribution < -0.4 is 25.6 Å². The fraction of sp³-hybridized carbons (Fsp3) is 0.414. The average Bonchev–Trinajstić information content (AvgIpc) is 2.81. The molecule has 0 spiro atoms. The van der Waals surface area contributed by atoms with E-state index in [0.29, 0.717) is 11.6 Å². The van der Waals surface area contributed by atoms with E-state index in [4.69, 9.17) is 4.74 Å². The largest absolute Gasteiger partial charge is 0.487 e. The Morgan fingerprint density at radius 2 is 1.74 bits per heavy atom. The number of ether oxygens (including phenoxy) is 1. The fourth-order valence-corrected chi connectivity index (χ4v) is 4.53. The summed E-state index contributed by atoms with van der Waals surface area (Å²) in [6.07, 6.45) is 0.170. The smallest absolute Gasteiger partial charge is 0.252 e. The van der Waals surface area contributed by atoms with Crippen LogP contribution >= 0.6 is 0 Å². The van der Waals surface area contributed by atoms with E-state index in [0.717, 1.165) is 59.5 Å². The third kappa shape index (κ3) is 5.29. The topological polar surface area (TPSA) is 65.6 Å². The molecule has 1 atom stereocenters. The van der Waals surface area contributed by atoms with Gasteiger partial charge in [-0.1, -0.05) is 50.2 Å². The summed E-state index contributed by atoms with van der Waals surface area (Å²) in [7, 11) is 2.09. The summed E-state index contributed by atoms with van der Waals surface area (Å²) in [5, 5.41) is 12.1. The Morgan fingerprint density at radius 1 is 1.03 bits per heavy atom. The molecule has 186 valence electrons. The maximum atomic E-state index is 13.4. The minimum atomic E-state index is -0.205. The maximum absolute atomic E-state index is 13.4. The Kier molecular flexibility index (Phi) is 7.93. The first-order valence-electron chi connectivity index (χ1n) is 12.8. The van der Waals surface area contributed by atoms with Crippen LogP contribution in [0.3, 0.4) is 0 Å². The summed E-state index contributed by atoms with van der Waals surface area (Å²) in [4.78, 5) is 15.7. The van der Waals surface area contributed by atoms with E-state index < -0.39 is 0 Å². The van der Waals surface area contributed by atoms with Crippen molar-refractivity contribution in [2.24, 2.45) is 0 Å². The summed E-state index contributed by atoms with van der Waals surface area (Å²) in [6.45, 7) is 11.7. The van der Waals surface area contributed by atoms with Crippen molar-refractivity contribution >= 4 is 22.4 Å². The average molecular weight is 475 g/mol. The number of aryl methyl sites for hydroxylation is 1. The second-order valence-electron chi connectivity index (χ2n) is 9.21. The Morgan fingerprint density at radius 3 is 2.40 bits per heavy atom. The molecule has 0 aliphatic carbocycles. The molecule has 35 heavy (non-hydrogen) atoms. The predicted octanol–water partition coefficient (Wildman–Crippen LogP) is 4.42. The van der Waals surface area contributed by atoms with Gasteiger partial charge in [-0.3, -0.25) is 4.79 Å². The van der Waals surface area contributed by atoms with E-state index in [-0.39, 0.29) is 18.1 Å². The van der Waals surface area contributed by atoms with Gasteiger partial charge in [-0.15, -0.1) is 0 Å². The van der Waals surface area contributed by atoms with Crippen LogP contribution in [0.4, 0.5) is 5.69 Å². The third-order valence-corrected chi connectivity index (χ3v) is 6.93. The summed E-state index contributed by atoms with van der Waals surface area (Å²) in [6, 6.07) is 18.8. The molecule has 2 heterocycles. The highest BCUT2D eigenvalue weighted by Crippen LogP contribution is 2.34. The number of rotatable bonds is 7. The number of likely N-dealkylation sites (N-methyl/N-ethyl adjacent to an activating group) is 1. The highest BCUT2D eigenvalue weighted by molar-refractivity contribution is 5.97. The first kappa shape index (κ1) is 25.0. The Bertz CT molecular complexity index is 1170. The van der Waals surface area contributed by atoms with Gasteiger partial charge < -0.3 is 25.6 Å². The van der Waals surface area contributed by atoms with Crippen LogP contribution in [0.2, 0.25) is 0 Å². The minimum absolute atomic E-state index is 0.0637. The SMILES string of the molecule is CC.Cc1ccc(N(C)C2CNC2)cc1C(=O)NC(C)c1c(OC2CNC2)ccc2ccccc12. The van der Waals surface area contributed by atoms with Crippen molar-refractivity contribution in [3.8, 4) is 5.75 Å². The van der Waals surface area contributed by atoms with Gasteiger partial charge in [-0.25, -0.2) is 0 Å². The zero-order valence-electron chi connectivity index (χ0n) is 21.5. The highest BCUT2D eigenvalue weighted by Gasteiger charge is 2.25. The molecule has 1 amide bonds. The monoisotopic (exact) mass is 474 g/mol. The number of hydrogen-bond donors (Lipinski definition) is 3. The van der Waals surface area contributed by atoms with Crippen molar-refractivity contribution in [3.05, 3.63) is 71.3 Å². The van der Waals surface area contributed by atoms with Gasteiger partial charge in [0.05, 0.1) is 12.1 Å². The standard InChI is InChI=1S/C27H32N4O2.C2H6/c1-17-8-10-20(31(3)21-13-28-14-21)12-24(17)27(32)30-18(2)26-23-7-5-4-6-19(23)9-11-25(26)33-22-15-29-16-22;1-2/h4-12,18,21-22,28-29H,13-16H2,1-3H3,(H,30,32);1-2H3. The Labute approximate surface area is 209 Å². The lowest BCUT2D eigenvalue weighted by molar-refractivity contribution is 0.0937. The number of anilines is 1. The molecule has 2 saturated heterocycles. The minimum Gasteiger partial charge on any atom is -0.487 e. The molecule has 2 aliphatic rings. The predicted molar refractivity (Wildman–Crippen MR) is 145 cm³/mol. The molecule has 1 unspecified atom stereocenters. The van der Waals surface area contributed by atoms with Crippen LogP contribution in [0.15, 0.2) is 54.6 Å². The van der Waals surface area contributed by atoms with Crippen molar-refractivity contribution in [1.82, 2.24) is 16.0 Å². The van der Waals surface area contributed by atoms with Gasteiger partial charge in [0.15, 0.2) is 0 Å². The zero-order valence-corrected chi connectivity index (χ0v) is 21.5. The number of fused-ring (bicyclic) bond motifs is 1. The summed E-state index contributed by atoms with van der Waals surface area (Å²) >= 11 is 0. The number of carbonyl (C=O) groups excluding carboxylic acids is 1. The molecule has 2 fully saturated rings. The normalized spacial score (nSPS) is 16.4. The molecular weight excluding hydrogens is 436 g/mol. The summed E-state index contributed by atoms with van der Waals surface area (Å²) in [5.41, 5.74) is 3.78. The molecule has 6 heteroatoms. The quantitative estimate of drug-likeness (QED) is 0.473. The lowest BCUT2D eigenvalue weighted by atomic mass is 9.97. The summed E-state index contributed by atoms with van der Waals surface area (Å²) in [5.74, 6) is 0.780. The van der Waals surface area contributed by atoms with E-state index in [9.17, 15) is 4.79 Å². The van der Waals surface area contributed by atoms with Crippen molar-refractivity contribution in [2.45, 2.75) is 45.9 Å². The van der Waals surface area contributed by atoms with Crippen LogP contribution in [0.25, 0.3) is 10.8 Å². The second-order valence-corrected chi connectivity index (χ2v) is 9.21. The van der Waals surface area contributed by atoms with Gasteiger partial charge in [-0.2, -0.15) is 0 Å². The lowest BCUT2D eigenvalue weighted by Crippen LogP contribution is -2.56. The molecular formula is C29H38N4O2. The number of benzene rings is 3. The molecule has 3 aromatic carbocycles. The third-order valence-electron chi connectivity index (χ3n) is 6.93. The van der Waals surface area contributed by atoms with Gasteiger partial charge >= 0.3 is 0 Å². The molecule has 3 aromatic rings. The molecule has 5 rings (SSSR count). The van der Waals surface area contributed by atoms with Crippen molar-refractivity contribution in [2.75, 3.05) is 38.1 Å². The Hall–Kier alpha value is -3.09. The van der Waals surface area contributed by atoms with Crippen LogP contribution in [-0.4, -0.2) is 51.3 Å². The van der Waals surface area contributed by atoms with Crippen molar-refractivity contribution in [1.29, 1.82) is 0 Å². The molecule has 0 radical (unpaired) electrons.